The van der Waals surface area contributed by atoms with Crippen molar-refractivity contribution in [2.24, 2.45) is 7.05 Å². The van der Waals surface area contributed by atoms with Gasteiger partial charge in [-0.2, -0.15) is 5.10 Å². The molecule has 0 saturated carbocycles. The van der Waals surface area contributed by atoms with Gasteiger partial charge in [-0.1, -0.05) is 60.7 Å². The first-order valence-electron chi connectivity index (χ1n) is 10.1. The maximum absolute atomic E-state index is 13.2. The van der Waals surface area contributed by atoms with Crippen molar-refractivity contribution in [3.63, 3.8) is 0 Å². The minimum atomic E-state index is -0.367. The zero-order valence-electron chi connectivity index (χ0n) is 17.2. The number of H-pyrrole nitrogens is 1. The van der Waals surface area contributed by atoms with Gasteiger partial charge in [-0.05, 0) is 18.2 Å². The van der Waals surface area contributed by atoms with Gasteiger partial charge >= 0.3 is 0 Å². The van der Waals surface area contributed by atoms with Crippen molar-refractivity contribution in [1.82, 2.24) is 19.7 Å². The number of aromatic nitrogens is 4. The number of nitrogens with one attached hydrogen (secondary N) is 2. The predicted octanol–water partition coefficient (Wildman–Crippen LogP) is 4.24. The number of aryl methyl sites for hydroxylation is 1. The van der Waals surface area contributed by atoms with E-state index < -0.39 is 0 Å². The second kappa shape index (κ2) is 7.96. The minimum absolute atomic E-state index is 0.245. The van der Waals surface area contributed by atoms with Crippen LogP contribution in [-0.4, -0.2) is 25.7 Å². The number of carbonyl (C=O) groups is 1. The van der Waals surface area contributed by atoms with E-state index in [9.17, 15) is 9.59 Å². The van der Waals surface area contributed by atoms with Crippen LogP contribution in [0.15, 0.2) is 89.7 Å². The van der Waals surface area contributed by atoms with Gasteiger partial charge in [0.25, 0.3) is 11.5 Å². The lowest BCUT2D eigenvalue weighted by Crippen LogP contribution is -2.21. The Morgan fingerprint density at radius 3 is 2.50 bits per heavy atom. The Morgan fingerprint density at radius 1 is 0.938 bits per heavy atom. The molecule has 2 aromatic heterocycles. The lowest BCUT2D eigenvalue weighted by Gasteiger charge is -2.12. The molecule has 0 fully saturated rings. The van der Waals surface area contributed by atoms with E-state index in [-0.39, 0.29) is 11.5 Å². The lowest BCUT2D eigenvalue weighted by atomic mass is 10.1. The molecule has 0 aliphatic heterocycles. The molecule has 3 aromatic carbocycles. The Balaban J connectivity index is 1.52. The number of carbonyl (C=O) groups excluding carboxylic acids is 1. The molecule has 0 aliphatic carbocycles. The van der Waals surface area contributed by atoms with Gasteiger partial charge in [-0.25, -0.2) is 4.98 Å². The molecule has 0 aliphatic rings. The van der Waals surface area contributed by atoms with E-state index >= 15 is 0 Å². The number of anilines is 1. The minimum Gasteiger partial charge on any atom is -0.321 e. The Hall–Kier alpha value is -4.52. The third kappa shape index (κ3) is 3.45. The maximum atomic E-state index is 13.2. The number of benzene rings is 3. The lowest BCUT2D eigenvalue weighted by molar-refractivity contribution is 0.102. The number of para-hydroxylation sites is 2. The molecule has 0 unspecified atom stereocenters. The van der Waals surface area contributed by atoms with Crippen molar-refractivity contribution in [2.45, 2.75) is 0 Å². The van der Waals surface area contributed by atoms with E-state index in [0.717, 1.165) is 5.56 Å². The largest absolute Gasteiger partial charge is 0.321 e. The normalized spacial score (nSPS) is 10.9. The van der Waals surface area contributed by atoms with Gasteiger partial charge in [-0.15, -0.1) is 0 Å². The van der Waals surface area contributed by atoms with E-state index in [1.54, 1.807) is 13.1 Å². The smallest absolute Gasteiger partial charge is 0.256 e. The van der Waals surface area contributed by atoms with Gasteiger partial charge in [0, 0.05) is 29.6 Å². The second-order valence-electron chi connectivity index (χ2n) is 7.35. The molecule has 0 atom stereocenters. The summed E-state index contributed by atoms with van der Waals surface area (Å²) in [5, 5.41) is 10.9. The van der Waals surface area contributed by atoms with Crippen LogP contribution in [0.25, 0.3) is 33.7 Å². The molecular weight excluding hydrogens is 402 g/mol. The maximum Gasteiger partial charge on any atom is 0.256 e. The molecule has 5 aromatic rings. The number of pyridine rings is 1. The molecule has 7 heteroatoms. The first-order valence-corrected chi connectivity index (χ1v) is 10.1. The van der Waals surface area contributed by atoms with Crippen LogP contribution in [0.1, 0.15) is 10.4 Å². The average molecular weight is 421 g/mol. The van der Waals surface area contributed by atoms with Gasteiger partial charge < -0.3 is 9.88 Å². The molecule has 0 radical (unpaired) electrons. The number of hydrogen-bond acceptors (Lipinski definition) is 4. The molecule has 0 bridgehead atoms. The van der Waals surface area contributed by atoms with Crippen molar-refractivity contribution in [2.75, 3.05) is 5.32 Å². The SMILES string of the molecule is Cn1c(=O)cc(C(=O)Nc2ccccc2-c2nc(-c3ccccc3)n[nH]2)c2ccccc21. The van der Waals surface area contributed by atoms with Crippen molar-refractivity contribution in [3.8, 4) is 22.8 Å². The van der Waals surface area contributed by atoms with Crippen LogP contribution in [-0.2, 0) is 7.05 Å². The molecule has 5 rings (SSSR count). The van der Waals surface area contributed by atoms with Gasteiger partial charge in [-0.3, -0.25) is 14.7 Å². The molecule has 1 amide bonds. The highest BCUT2D eigenvalue weighted by atomic mass is 16.2. The number of rotatable bonds is 4. The number of amides is 1. The standard InChI is InChI=1S/C25H19N5O2/c1-30-21-14-8-6-11-17(21)19(15-22(30)31)25(32)26-20-13-7-5-12-18(20)24-27-23(28-29-24)16-9-3-2-4-10-16/h2-15H,1H3,(H,26,32)(H,27,28,29). The third-order valence-electron chi connectivity index (χ3n) is 5.35. The summed E-state index contributed by atoms with van der Waals surface area (Å²) in [5.41, 5.74) is 2.93. The number of aromatic amines is 1. The van der Waals surface area contributed by atoms with Crippen LogP contribution in [0.2, 0.25) is 0 Å². The summed E-state index contributed by atoms with van der Waals surface area (Å²) in [6.45, 7) is 0. The molecule has 2 N–H and O–H groups in total. The zero-order valence-corrected chi connectivity index (χ0v) is 17.2. The Labute approximate surface area is 183 Å². The molecule has 0 spiro atoms. The molecule has 32 heavy (non-hydrogen) atoms. The van der Waals surface area contributed by atoms with Crippen molar-refractivity contribution in [3.05, 3.63) is 101 Å². The van der Waals surface area contributed by atoms with E-state index in [0.29, 0.717) is 39.4 Å². The first-order chi connectivity index (χ1) is 15.6. The summed E-state index contributed by atoms with van der Waals surface area (Å²) in [6.07, 6.45) is 0. The Morgan fingerprint density at radius 2 is 1.66 bits per heavy atom. The summed E-state index contributed by atoms with van der Waals surface area (Å²) in [7, 11) is 1.69. The van der Waals surface area contributed by atoms with E-state index in [4.69, 9.17) is 0 Å². The zero-order chi connectivity index (χ0) is 22.1. The van der Waals surface area contributed by atoms with Crippen LogP contribution in [0, 0.1) is 0 Å². The van der Waals surface area contributed by atoms with Crippen LogP contribution < -0.4 is 10.9 Å². The third-order valence-corrected chi connectivity index (χ3v) is 5.35. The topological polar surface area (TPSA) is 92.7 Å². The summed E-state index contributed by atoms with van der Waals surface area (Å²) in [5.74, 6) is 0.738. The molecule has 7 nitrogen and oxygen atoms in total. The molecule has 0 saturated heterocycles. The summed E-state index contributed by atoms with van der Waals surface area (Å²) >= 11 is 0. The number of nitrogens with zero attached hydrogens (tertiary/aromatic N) is 3. The van der Waals surface area contributed by atoms with E-state index in [1.165, 1.54) is 10.6 Å². The first kappa shape index (κ1) is 19.4. The van der Waals surface area contributed by atoms with Crippen LogP contribution in [0.5, 0.6) is 0 Å². The number of fused-ring (bicyclic) bond motifs is 1. The van der Waals surface area contributed by atoms with Crippen molar-refractivity contribution in [1.29, 1.82) is 0 Å². The molecule has 2 heterocycles. The van der Waals surface area contributed by atoms with Gasteiger partial charge in [0.2, 0.25) is 0 Å². The summed E-state index contributed by atoms with van der Waals surface area (Å²) in [6, 6.07) is 25.7. The molecular formula is C25H19N5O2. The summed E-state index contributed by atoms with van der Waals surface area (Å²) in [4.78, 5) is 30.2. The van der Waals surface area contributed by atoms with Crippen LogP contribution in [0.4, 0.5) is 5.69 Å². The van der Waals surface area contributed by atoms with Crippen molar-refractivity contribution >= 4 is 22.5 Å². The van der Waals surface area contributed by atoms with Gasteiger partial charge in [0.1, 0.15) is 0 Å². The van der Waals surface area contributed by atoms with Gasteiger partial charge in [0.05, 0.1) is 16.8 Å². The fourth-order valence-electron chi connectivity index (χ4n) is 3.69. The van der Waals surface area contributed by atoms with E-state index in [2.05, 4.69) is 20.5 Å². The molecule has 156 valence electrons. The highest BCUT2D eigenvalue weighted by Gasteiger charge is 2.17. The Kier molecular flexibility index (Phi) is 4.84. The fraction of sp³-hybridized carbons (Fsp3) is 0.0400. The Bertz CT molecular complexity index is 1500. The summed E-state index contributed by atoms with van der Waals surface area (Å²) < 4.78 is 1.53. The monoisotopic (exact) mass is 421 g/mol. The predicted molar refractivity (Wildman–Crippen MR) is 124 cm³/mol. The number of hydrogen-bond donors (Lipinski definition) is 2. The van der Waals surface area contributed by atoms with Gasteiger partial charge in [0.15, 0.2) is 11.6 Å². The van der Waals surface area contributed by atoms with Crippen molar-refractivity contribution < 1.29 is 4.79 Å². The fourth-order valence-corrected chi connectivity index (χ4v) is 3.69. The van der Waals surface area contributed by atoms with Crippen LogP contribution >= 0.6 is 0 Å². The highest BCUT2D eigenvalue weighted by molar-refractivity contribution is 6.13. The van der Waals surface area contributed by atoms with E-state index in [1.807, 2.05) is 72.8 Å². The average Bonchev–Trinajstić information content (AvgIpc) is 3.32. The van der Waals surface area contributed by atoms with Crippen LogP contribution in [0.3, 0.4) is 0 Å². The quantitative estimate of drug-likeness (QED) is 0.454. The highest BCUT2D eigenvalue weighted by Crippen LogP contribution is 2.28. The second-order valence-corrected chi connectivity index (χ2v) is 7.35.